The predicted octanol–water partition coefficient (Wildman–Crippen LogP) is 0.954. The SMILES string of the molecule is CCN(C)CCCOCCCNC. The summed E-state index contributed by atoms with van der Waals surface area (Å²) in [6.07, 6.45) is 2.25. The molecule has 0 fully saturated rings. The topological polar surface area (TPSA) is 24.5 Å². The van der Waals surface area contributed by atoms with Crippen molar-refractivity contribution < 1.29 is 4.74 Å². The van der Waals surface area contributed by atoms with E-state index in [1.807, 2.05) is 7.05 Å². The third-order valence-electron chi connectivity index (χ3n) is 2.08. The summed E-state index contributed by atoms with van der Waals surface area (Å²) in [5, 5.41) is 3.10. The Morgan fingerprint density at radius 1 is 1.23 bits per heavy atom. The third-order valence-corrected chi connectivity index (χ3v) is 2.08. The van der Waals surface area contributed by atoms with Crippen LogP contribution in [0.2, 0.25) is 0 Å². The van der Waals surface area contributed by atoms with Gasteiger partial charge < -0.3 is 15.0 Å². The largest absolute Gasteiger partial charge is 0.381 e. The smallest absolute Gasteiger partial charge is 0.0478 e. The van der Waals surface area contributed by atoms with Gasteiger partial charge in [0.25, 0.3) is 0 Å². The number of hydrogen-bond donors (Lipinski definition) is 1. The summed E-state index contributed by atoms with van der Waals surface area (Å²) in [4.78, 5) is 2.30. The Kier molecular flexibility index (Phi) is 9.87. The van der Waals surface area contributed by atoms with Crippen LogP contribution in [0.15, 0.2) is 0 Å². The fourth-order valence-electron chi connectivity index (χ4n) is 1.05. The zero-order chi connectivity index (χ0) is 9.94. The van der Waals surface area contributed by atoms with Crippen LogP contribution in [0.25, 0.3) is 0 Å². The molecule has 0 atom stereocenters. The van der Waals surface area contributed by atoms with Crippen molar-refractivity contribution in [1.82, 2.24) is 10.2 Å². The van der Waals surface area contributed by atoms with Crippen LogP contribution in [0, 0.1) is 0 Å². The molecule has 3 nitrogen and oxygen atoms in total. The molecule has 0 aromatic rings. The zero-order valence-corrected chi connectivity index (χ0v) is 9.31. The molecule has 0 bridgehead atoms. The molecule has 0 heterocycles. The highest BCUT2D eigenvalue weighted by Crippen LogP contribution is 1.89. The molecule has 0 aliphatic rings. The maximum atomic E-state index is 5.46. The minimum absolute atomic E-state index is 0.886. The summed E-state index contributed by atoms with van der Waals surface area (Å²) < 4.78 is 5.46. The molecule has 0 aliphatic carbocycles. The van der Waals surface area contributed by atoms with Crippen molar-refractivity contribution in [2.45, 2.75) is 19.8 Å². The van der Waals surface area contributed by atoms with E-state index >= 15 is 0 Å². The van der Waals surface area contributed by atoms with Gasteiger partial charge >= 0.3 is 0 Å². The molecular weight excluding hydrogens is 164 g/mol. The second-order valence-electron chi connectivity index (χ2n) is 3.32. The molecule has 0 aromatic heterocycles. The minimum Gasteiger partial charge on any atom is -0.381 e. The van der Waals surface area contributed by atoms with Gasteiger partial charge in [0.2, 0.25) is 0 Å². The minimum atomic E-state index is 0.886. The van der Waals surface area contributed by atoms with Crippen molar-refractivity contribution in [3.63, 3.8) is 0 Å². The summed E-state index contributed by atoms with van der Waals surface area (Å²) in [5.41, 5.74) is 0. The van der Waals surface area contributed by atoms with Crippen LogP contribution < -0.4 is 5.32 Å². The van der Waals surface area contributed by atoms with Gasteiger partial charge in [0, 0.05) is 19.8 Å². The van der Waals surface area contributed by atoms with Gasteiger partial charge in [-0.2, -0.15) is 0 Å². The highest BCUT2D eigenvalue weighted by molar-refractivity contribution is 4.47. The lowest BCUT2D eigenvalue weighted by atomic mass is 10.4. The summed E-state index contributed by atoms with van der Waals surface area (Å²) in [6.45, 7) is 7.27. The van der Waals surface area contributed by atoms with Gasteiger partial charge in [0.05, 0.1) is 0 Å². The van der Waals surface area contributed by atoms with Gasteiger partial charge in [-0.3, -0.25) is 0 Å². The molecular formula is C10H24N2O. The summed E-state index contributed by atoms with van der Waals surface area (Å²) in [7, 11) is 4.11. The average molecular weight is 188 g/mol. The molecule has 0 spiro atoms. The second-order valence-corrected chi connectivity index (χ2v) is 3.32. The van der Waals surface area contributed by atoms with Gasteiger partial charge in [-0.1, -0.05) is 6.92 Å². The molecule has 80 valence electrons. The summed E-state index contributed by atoms with van der Waals surface area (Å²) in [6, 6.07) is 0. The van der Waals surface area contributed by atoms with Crippen LogP contribution >= 0.6 is 0 Å². The molecule has 0 unspecified atom stereocenters. The molecule has 3 heteroatoms. The molecule has 13 heavy (non-hydrogen) atoms. The molecule has 0 saturated carbocycles. The van der Waals surface area contributed by atoms with Gasteiger partial charge in [0.1, 0.15) is 0 Å². The fraction of sp³-hybridized carbons (Fsp3) is 1.00. The first kappa shape index (κ1) is 12.9. The normalized spacial score (nSPS) is 11.1. The summed E-state index contributed by atoms with van der Waals surface area (Å²) in [5.74, 6) is 0. The van der Waals surface area contributed by atoms with E-state index in [9.17, 15) is 0 Å². The molecule has 0 rings (SSSR count). The van der Waals surface area contributed by atoms with E-state index in [0.29, 0.717) is 0 Å². The van der Waals surface area contributed by atoms with Crippen LogP contribution in [0.5, 0.6) is 0 Å². The van der Waals surface area contributed by atoms with Crippen molar-refractivity contribution in [2.75, 3.05) is 46.9 Å². The Morgan fingerprint density at radius 3 is 2.54 bits per heavy atom. The molecule has 1 N–H and O–H groups in total. The lowest BCUT2D eigenvalue weighted by molar-refractivity contribution is 0.122. The van der Waals surface area contributed by atoms with Crippen LogP contribution in [0.4, 0.5) is 0 Å². The first-order valence-electron chi connectivity index (χ1n) is 5.22. The predicted molar refractivity (Wildman–Crippen MR) is 57.2 cm³/mol. The zero-order valence-electron chi connectivity index (χ0n) is 9.31. The highest BCUT2D eigenvalue weighted by Gasteiger charge is 1.93. The number of ether oxygens (including phenoxy) is 1. The van der Waals surface area contributed by atoms with Crippen LogP contribution in [0.3, 0.4) is 0 Å². The van der Waals surface area contributed by atoms with Crippen molar-refractivity contribution >= 4 is 0 Å². The first-order chi connectivity index (χ1) is 6.31. The Hall–Kier alpha value is -0.120. The monoisotopic (exact) mass is 188 g/mol. The van der Waals surface area contributed by atoms with Crippen LogP contribution in [-0.2, 0) is 4.74 Å². The number of rotatable bonds is 9. The second kappa shape index (κ2) is 9.96. The first-order valence-corrected chi connectivity index (χ1v) is 5.22. The van der Waals surface area contributed by atoms with Crippen molar-refractivity contribution in [2.24, 2.45) is 0 Å². The van der Waals surface area contributed by atoms with E-state index in [1.54, 1.807) is 0 Å². The Morgan fingerprint density at radius 2 is 1.92 bits per heavy atom. The molecule has 0 radical (unpaired) electrons. The van der Waals surface area contributed by atoms with Gasteiger partial charge in [-0.05, 0) is 40.0 Å². The number of hydrogen-bond acceptors (Lipinski definition) is 3. The van der Waals surface area contributed by atoms with E-state index in [2.05, 4.69) is 24.2 Å². The molecule has 0 aromatic carbocycles. The van der Waals surface area contributed by atoms with E-state index in [4.69, 9.17) is 4.74 Å². The Balaban J connectivity index is 2.91. The van der Waals surface area contributed by atoms with Gasteiger partial charge in [-0.25, -0.2) is 0 Å². The number of nitrogens with zero attached hydrogens (tertiary/aromatic N) is 1. The van der Waals surface area contributed by atoms with E-state index < -0.39 is 0 Å². The molecule has 0 aliphatic heterocycles. The highest BCUT2D eigenvalue weighted by atomic mass is 16.5. The Labute approximate surface area is 82.4 Å². The maximum absolute atomic E-state index is 5.46. The van der Waals surface area contributed by atoms with E-state index in [-0.39, 0.29) is 0 Å². The lowest BCUT2D eigenvalue weighted by Crippen LogP contribution is -2.20. The Bertz CT molecular complexity index is 98.9. The summed E-state index contributed by atoms with van der Waals surface area (Å²) >= 11 is 0. The average Bonchev–Trinajstić information content (AvgIpc) is 2.16. The quantitative estimate of drug-likeness (QED) is 0.545. The maximum Gasteiger partial charge on any atom is 0.0478 e. The standard InChI is InChI=1S/C10H24N2O/c1-4-12(3)8-6-10-13-9-5-7-11-2/h11H,4-10H2,1-3H3. The fourth-order valence-corrected chi connectivity index (χ4v) is 1.05. The van der Waals surface area contributed by atoms with Crippen LogP contribution in [-0.4, -0.2) is 51.8 Å². The van der Waals surface area contributed by atoms with E-state index in [1.165, 1.54) is 0 Å². The third kappa shape index (κ3) is 9.80. The van der Waals surface area contributed by atoms with Crippen LogP contribution in [0.1, 0.15) is 19.8 Å². The number of nitrogens with one attached hydrogen (secondary N) is 1. The van der Waals surface area contributed by atoms with Crippen molar-refractivity contribution in [3.8, 4) is 0 Å². The lowest BCUT2D eigenvalue weighted by Gasteiger charge is -2.13. The molecule has 0 amide bonds. The van der Waals surface area contributed by atoms with Gasteiger partial charge in [0.15, 0.2) is 0 Å². The molecule has 0 saturated heterocycles. The van der Waals surface area contributed by atoms with Gasteiger partial charge in [-0.15, -0.1) is 0 Å². The van der Waals surface area contributed by atoms with Crippen molar-refractivity contribution in [1.29, 1.82) is 0 Å². The van der Waals surface area contributed by atoms with Crippen molar-refractivity contribution in [3.05, 3.63) is 0 Å². The van der Waals surface area contributed by atoms with E-state index in [0.717, 1.165) is 45.7 Å².